The maximum atomic E-state index is 13.5. The molecule has 1 atom stereocenters. The van der Waals surface area contributed by atoms with Gasteiger partial charge in [0.2, 0.25) is 5.91 Å². The lowest BCUT2D eigenvalue weighted by Gasteiger charge is -2.21. The summed E-state index contributed by atoms with van der Waals surface area (Å²) in [5.41, 5.74) is 0.553. The molecule has 0 radical (unpaired) electrons. The van der Waals surface area contributed by atoms with E-state index in [0.717, 1.165) is 10.1 Å². The Hall–Kier alpha value is -2.90. The number of methoxy groups -OCH3 is 1. The zero-order chi connectivity index (χ0) is 21.8. The number of hydrogen-bond donors (Lipinski definition) is 1. The Bertz CT molecular complexity index is 1200. The van der Waals surface area contributed by atoms with Gasteiger partial charge in [-0.1, -0.05) is 36.7 Å². The fourth-order valence-corrected chi connectivity index (χ4v) is 3.59. The minimum absolute atomic E-state index is 0.311. The first-order chi connectivity index (χ1) is 14.4. The van der Waals surface area contributed by atoms with Gasteiger partial charge in [0.15, 0.2) is 0 Å². The number of fused-ring (bicyclic) bond motifs is 1. The van der Waals surface area contributed by atoms with Crippen LogP contribution in [0.1, 0.15) is 24.9 Å². The summed E-state index contributed by atoms with van der Waals surface area (Å²) in [6.07, 6.45) is 0.371. The molecule has 1 amide bonds. The van der Waals surface area contributed by atoms with E-state index in [4.69, 9.17) is 16.3 Å². The predicted octanol–water partition coefficient (Wildman–Crippen LogP) is 2.83. The van der Waals surface area contributed by atoms with Crippen LogP contribution in [0.5, 0.6) is 0 Å². The Kier molecular flexibility index (Phi) is 6.74. The van der Waals surface area contributed by atoms with E-state index in [-0.39, 0.29) is 5.91 Å². The molecule has 0 spiro atoms. The van der Waals surface area contributed by atoms with E-state index in [1.165, 1.54) is 4.57 Å². The van der Waals surface area contributed by atoms with E-state index in [9.17, 15) is 14.4 Å². The first kappa shape index (κ1) is 21.8. The number of carbonyl (C=O) groups is 1. The molecule has 3 rings (SSSR count). The lowest BCUT2D eigenvalue weighted by Crippen LogP contribution is -2.44. The fraction of sp³-hybridized carbons (Fsp3) is 0.318. The number of amides is 1. The Balaban J connectivity index is 2.28. The number of rotatable bonds is 7. The summed E-state index contributed by atoms with van der Waals surface area (Å²) in [6.45, 7) is 4.34. The summed E-state index contributed by atoms with van der Waals surface area (Å²) >= 11 is 6.24. The van der Waals surface area contributed by atoms with E-state index >= 15 is 0 Å². The highest BCUT2D eigenvalue weighted by molar-refractivity contribution is 6.31. The van der Waals surface area contributed by atoms with Gasteiger partial charge in [0, 0.05) is 18.7 Å². The molecular formula is C22H24ClN3O4. The predicted molar refractivity (Wildman–Crippen MR) is 118 cm³/mol. The van der Waals surface area contributed by atoms with Crippen LogP contribution in [0.4, 0.5) is 0 Å². The molecule has 0 saturated heterocycles. The van der Waals surface area contributed by atoms with E-state index in [2.05, 4.69) is 5.32 Å². The number of nitrogens with one attached hydrogen (secondary N) is 1. The molecule has 158 valence electrons. The Morgan fingerprint density at radius 1 is 1.20 bits per heavy atom. The average molecular weight is 430 g/mol. The molecule has 8 heteroatoms. The van der Waals surface area contributed by atoms with Gasteiger partial charge in [-0.25, -0.2) is 9.36 Å². The summed E-state index contributed by atoms with van der Waals surface area (Å²) < 4.78 is 7.43. The second kappa shape index (κ2) is 9.28. The van der Waals surface area contributed by atoms with Gasteiger partial charge >= 0.3 is 5.69 Å². The van der Waals surface area contributed by atoms with Crippen LogP contribution in [0.2, 0.25) is 5.02 Å². The van der Waals surface area contributed by atoms with Crippen LogP contribution in [0.15, 0.2) is 52.1 Å². The standard InChI is InChI=1S/C22H24ClN3O4/c1-4-18(20(27)24-11-12-30-3)26-19-8-6-5-7-16(19)21(28)25(22(26)29)15-10-9-14(2)17(23)13-15/h5-10,13,18H,4,11-12H2,1-3H3,(H,24,27). The van der Waals surface area contributed by atoms with E-state index < -0.39 is 17.3 Å². The summed E-state index contributed by atoms with van der Waals surface area (Å²) in [5.74, 6) is -0.311. The van der Waals surface area contributed by atoms with Crippen molar-refractivity contribution in [2.24, 2.45) is 0 Å². The van der Waals surface area contributed by atoms with Gasteiger partial charge in [-0.05, 0) is 43.2 Å². The number of halogens is 1. The molecule has 1 heterocycles. The van der Waals surface area contributed by atoms with E-state index in [0.29, 0.717) is 41.2 Å². The summed E-state index contributed by atoms with van der Waals surface area (Å²) in [6, 6.07) is 11.0. The minimum Gasteiger partial charge on any atom is -0.383 e. The summed E-state index contributed by atoms with van der Waals surface area (Å²) in [5, 5.41) is 3.57. The van der Waals surface area contributed by atoms with Crippen molar-refractivity contribution in [1.82, 2.24) is 14.5 Å². The van der Waals surface area contributed by atoms with E-state index in [1.807, 2.05) is 13.8 Å². The van der Waals surface area contributed by atoms with Crippen LogP contribution in [0.3, 0.4) is 0 Å². The second-order valence-electron chi connectivity index (χ2n) is 6.95. The quantitative estimate of drug-likeness (QED) is 0.585. The van der Waals surface area contributed by atoms with Gasteiger partial charge in [-0.2, -0.15) is 0 Å². The van der Waals surface area contributed by atoms with Crippen LogP contribution in [0, 0.1) is 6.92 Å². The van der Waals surface area contributed by atoms with Gasteiger partial charge in [0.25, 0.3) is 5.56 Å². The molecular weight excluding hydrogens is 406 g/mol. The number of para-hydroxylation sites is 1. The maximum absolute atomic E-state index is 13.5. The molecule has 0 aliphatic rings. The molecule has 1 aromatic heterocycles. The maximum Gasteiger partial charge on any atom is 0.336 e. The largest absolute Gasteiger partial charge is 0.383 e. The van der Waals surface area contributed by atoms with Crippen LogP contribution in [0.25, 0.3) is 16.6 Å². The van der Waals surface area contributed by atoms with Crippen molar-refractivity contribution in [3.8, 4) is 5.69 Å². The summed E-state index contributed by atoms with van der Waals surface area (Å²) in [7, 11) is 1.55. The van der Waals surface area contributed by atoms with Crippen molar-refractivity contribution in [1.29, 1.82) is 0 Å². The molecule has 0 saturated carbocycles. The lowest BCUT2D eigenvalue weighted by atomic mass is 10.1. The number of nitrogens with zero attached hydrogens (tertiary/aromatic N) is 2. The second-order valence-corrected chi connectivity index (χ2v) is 7.36. The van der Waals surface area contributed by atoms with Crippen LogP contribution < -0.4 is 16.6 Å². The van der Waals surface area contributed by atoms with Gasteiger partial charge in [-0.3, -0.25) is 14.2 Å². The van der Waals surface area contributed by atoms with E-state index in [1.54, 1.807) is 49.6 Å². The Morgan fingerprint density at radius 3 is 2.60 bits per heavy atom. The molecule has 1 unspecified atom stereocenters. The smallest absolute Gasteiger partial charge is 0.336 e. The van der Waals surface area contributed by atoms with Crippen molar-refractivity contribution in [2.75, 3.05) is 20.3 Å². The minimum atomic E-state index is -0.785. The van der Waals surface area contributed by atoms with Crippen molar-refractivity contribution in [3.05, 3.63) is 73.9 Å². The first-order valence-corrected chi connectivity index (χ1v) is 10.1. The zero-order valence-corrected chi connectivity index (χ0v) is 17.9. The first-order valence-electron chi connectivity index (χ1n) is 9.70. The Labute approximate surface area is 178 Å². The Morgan fingerprint density at radius 2 is 1.93 bits per heavy atom. The molecule has 2 aromatic carbocycles. The number of ether oxygens (including phenoxy) is 1. The number of hydrogen-bond acceptors (Lipinski definition) is 4. The van der Waals surface area contributed by atoms with Crippen molar-refractivity contribution in [2.45, 2.75) is 26.3 Å². The molecule has 3 aromatic rings. The zero-order valence-electron chi connectivity index (χ0n) is 17.1. The van der Waals surface area contributed by atoms with Gasteiger partial charge in [-0.15, -0.1) is 0 Å². The van der Waals surface area contributed by atoms with Gasteiger partial charge in [0.05, 0.1) is 23.2 Å². The average Bonchev–Trinajstić information content (AvgIpc) is 2.73. The highest BCUT2D eigenvalue weighted by atomic mass is 35.5. The highest BCUT2D eigenvalue weighted by Gasteiger charge is 2.24. The van der Waals surface area contributed by atoms with Gasteiger partial charge in [0.1, 0.15) is 6.04 Å². The number of carbonyl (C=O) groups excluding carboxylic acids is 1. The number of benzene rings is 2. The normalized spacial score (nSPS) is 12.1. The SMILES string of the molecule is CCC(C(=O)NCCOC)n1c(=O)n(-c2ccc(C)c(Cl)c2)c(=O)c2ccccc21. The summed E-state index contributed by atoms with van der Waals surface area (Å²) in [4.78, 5) is 39.5. The lowest BCUT2D eigenvalue weighted by molar-refractivity contribution is -0.124. The third kappa shape index (κ3) is 4.04. The monoisotopic (exact) mass is 429 g/mol. The van der Waals surface area contributed by atoms with Crippen LogP contribution in [-0.2, 0) is 9.53 Å². The topological polar surface area (TPSA) is 82.3 Å². The molecule has 7 nitrogen and oxygen atoms in total. The molecule has 30 heavy (non-hydrogen) atoms. The van der Waals surface area contributed by atoms with Crippen molar-refractivity contribution >= 4 is 28.4 Å². The molecule has 1 N–H and O–H groups in total. The molecule has 0 bridgehead atoms. The number of aryl methyl sites for hydroxylation is 1. The molecule has 0 aliphatic carbocycles. The van der Waals surface area contributed by atoms with Crippen molar-refractivity contribution in [3.63, 3.8) is 0 Å². The van der Waals surface area contributed by atoms with Crippen LogP contribution in [-0.4, -0.2) is 35.3 Å². The van der Waals surface area contributed by atoms with Crippen molar-refractivity contribution < 1.29 is 9.53 Å². The number of aromatic nitrogens is 2. The highest BCUT2D eigenvalue weighted by Crippen LogP contribution is 2.20. The van der Waals surface area contributed by atoms with Gasteiger partial charge < -0.3 is 10.1 Å². The third-order valence-corrected chi connectivity index (χ3v) is 5.42. The molecule has 0 fully saturated rings. The van der Waals surface area contributed by atoms with Crippen LogP contribution >= 0.6 is 11.6 Å². The fourth-order valence-electron chi connectivity index (χ4n) is 3.41. The third-order valence-electron chi connectivity index (χ3n) is 5.01. The molecule has 0 aliphatic heterocycles.